The maximum absolute atomic E-state index is 9.89. The van der Waals surface area contributed by atoms with Crippen LogP contribution in [0.4, 0.5) is 0 Å². The van der Waals surface area contributed by atoms with Crippen molar-refractivity contribution in [2.75, 3.05) is 20.3 Å². The molecule has 0 heterocycles. The number of aliphatic hydroxyl groups excluding tert-OH is 1. The van der Waals surface area contributed by atoms with Crippen LogP contribution in [0.5, 0.6) is 0 Å². The van der Waals surface area contributed by atoms with E-state index in [1.165, 1.54) is 0 Å². The van der Waals surface area contributed by atoms with Gasteiger partial charge in [-0.1, -0.05) is 30.3 Å². The van der Waals surface area contributed by atoms with Gasteiger partial charge in [0.25, 0.3) is 0 Å². The lowest BCUT2D eigenvalue weighted by Gasteiger charge is -2.28. The highest BCUT2D eigenvalue weighted by atomic mass is 16.5. The van der Waals surface area contributed by atoms with Crippen LogP contribution < -0.4 is 5.32 Å². The van der Waals surface area contributed by atoms with Gasteiger partial charge in [-0.05, 0) is 38.3 Å². The van der Waals surface area contributed by atoms with Crippen LogP contribution in [0.25, 0.3) is 0 Å². The van der Waals surface area contributed by atoms with E-state index in [9.17, 15) is 5.11 Å². The van der Waals surface area contributed by atoms with Crippen LogP contribution in [0.2, 0.25) is 0 Å². The molecule has 0 spiro atoms. The van der Waals surface area contributed by atoms with E-state index in [4.69, 9.17) is 9.47 Å². The number of nitrogens with one attached hydrogen (secondary N) is 1. The Morgan fingerprint density at radius 1 is 1.14 bits per heavy atom. The van der Waals surface area contributed by atoms with Crippen molar-refractivity contribution < 1.29 is 14.6 Å². The maximum Gasteiger partial charge on any atom is 0.101 e. The SMILES string of the molecule is CNC1CCC(OCC(O)COCc2ccccc2)CC1. The molecule has 2 rings (SSSR count). The number of ether oxygens (including phenoxy) is 2. The first-order chi connectivity index (χ1) is 10.3. The minimum Gasteiger partial charge on any atom is -0.388 e. The maximum atomic E-state index is 9.89. The summed E-state index contributed by atoms with van der Waals surface area (Å²) in [4.78, 5) is 0. The molecule has 0 aromatic heterocycles. The predicted octanol–water partition coefficient (Wildman–Crippen LogP) is 2.11. The normalized spacial score (nSPS) is 23.9. The number of benzene rings is 1. The fraction of sp³-hybridized carbons (Fsp3) is 0.647. The van der Waals surface area contributed by atoms with Crippen LogP contribution in [-0.2, 0) is 16.1 Å². The third-order valence-electron chi connectivity index (χ3n) is 4.03. The molecule has 1 aromatic rings. The zero-order valence-electron chi connectivity index (χ0n) is 12.8. The summed E-state index contributed by atoms with van der Waals surface area (Å²) >= 11 is 0. The molecule has 2 N–H and O–H groups in total. The standard InChI is InChI=1S/C17H27NO3/c1-18-15-7-9-17(10-8-15)21-13-16(19)12-20-11-14-5-3-2-4-6-14/h2-6,15-19H,7-13H2,1H3. The monoisotopic (exact) mass is 293 g/mol. The molecule has 118 valence electrons. The van der Waals surface area contributed by atoms with Gasteiger partial charge in [0.15, 0.2) is 0 Å². The van der Waals surface area contributed by atoms with Crippen LogP contribution in [0, 0.1) is 0 Å². The third kappa shape index (κ3) is 6.14. The number of hydrogen-bond acceptors (Lipinski definition) is 4. The molecular formula is C17H27NO3. The summed E-state index contributed by atoms with van der Waals surface area (Å²) in [5, 5.41) is 13.2. The minimum atomic E-state index is -0.546. The van der Waals surface area contributed by atoms with E-state index in [2.05, 4.69) is 5.32 Å². The Morgan fingerprint density at radius 2 is 1.86 bits per heavy atom. The minimum absolute atomic E-state index is 0.290. The summed E-state index contributed by atoms with van der Waals surface area (Å²) in [5.74, 6) is 0. The molecule has 0 amide bonds. The van der Waals surface area contributed by atoms with Crippen molar-refractivity contribution in [3.05, 3.63) is 35.9 Å². The molecule has 0 bridgehead atoms. The van der Waals surface area contributed by atoms with Crippen LogP contribution in [-0.4, -0.2) is 43.6 Å². The van der Waals surface area contributed by atoms with Gasteiger partial charge in [0.1, 0.15) is 6.10 Å². The highest BCUT2D eigenvalue weighted by Crippen LogP contribution is 2.21. The first-order valence-corrected chi connectivity index (χ1v) is 7.86. The number of rotatable bonds is 8. The molecule has 1 atom stereocenters. The van der Waals surface area contributed by atoms with E-state index < -0.39 is 6.10 Å². The first kappa shape index (κ1) is 16.4. The summed E-state index contributed by atoms with van der Waals surface area (Å²) in [6.45, 7) is 1.22. The van der Waals surface area contributed by atoms with Gasteiger partial charge in [-0.15, -0.1) is 0 Å². The van der Waals surface area contributed by atoms with Crippen molar-refractivity contribution in [2.24, 2.45) is 0 Å². The van der Waals surface area contributed by atoms with E-state index in [0.29, 0.717) is 32.0 Å². The molecule has 4 nitrogen and oxygen atoms in total. The quantitative estimate of drug-likeness (QED) is 0.771. The molecule has 1 unspecified atom stereocenters. The van der Waals surface area contributed by atoms with E-state index in [1.54, 1.807) is 0 Å². The van der Waals surface area contributed by atoms with Gasteiger partial charge in [-0.2, -0.15) is 0 Å². The molecule has 1 fully saturated rings. The molecule has 0 saturated heterocycles. The molecule has 0 radical (unpaired) electrons. The lowest BCUT2D eigenvalue weighted by molar-refractivity contribution is -0.0571. The number of aliphatic hydroxyl groups is 1. The molecule has 1 aliphatic carbocycles. The van der Waals surface area contributed by atoms with Crippen LogP contribution in [0.1, 0.15) is 31.2 Å². The molecule has 0 aliphatic heterocycles. The summed E-state index contributed by atoms with van der Waals surface area (Å²) in [5.41, 5.74) is 1.12. The van der Waals surface area contributed by atoms with Crippen LogP contribution >= 0.6 is 0 Å². The molecule has 21 heavy (non-hydrogen) atoms. The summed E-state index contributed by atoms with van der Waals surface area (Å²) in [7, 11) is 2.01. The molecule has 1 aliphatic rings. The fourth-order valence-corrected chi connectivity index (χ4v) is 2.70. The van der Waals surface area contributed by atoms with Gasteiger partial charge in [-0.3, -0.25) is 0 Å². The molecular weight excluding hydrogens is 266 g/mol. The lowest BCUT2D eigenvalue weighted by Crippen LogP contribution is -2.34. The van der Waals surface area contributed by atoms with Gasteiger partial charge in [0.05, 0.1) is 25.9 Å². The second-order valence-corrected chi connectivity index (χ2v) is 5.75. The van der Waals surface area contributed by atoms with Crippen molar-refractivity contribution in [3.8, 4) is 0 Å². The first-order valence-electron chi connectivity index (χ1n) is 7.86. The fourth-order valence-electron chi connectivity index (χ4n) is 2.70. The zero-order valence-corrected chi connectivity index (χ0v) is 12.8. The van der Waals surface area contributed by atoms with Gasteiger partial charge >= 0.3 is 0 Å². The van der Waals surface area contributed by atoms with Crippen molar-refractivity contribution >= 4 is 0 Å². The summed E-state index contributed by atoms with van der Waals surface area (Å²) < 4.78 is 11.3. The van der Waals surface area contributed by atoms with Crippen molar-refractivity contribution in [2.45, 2.75) is 50.5 Å². The van der Waals surface area contributed by atoms with E-state index in [0.717, 1.165) is 31.2 Å². The van der Waals surface area contributed by atoms with Gasteiger partial charge in [-0.25, -0.2) is 0 Å². The highest BCUT2D eigenvalue weighted by Gasteiger charge is 2.21. The largest absolute Gasteiger partial charge is 0.388 e. The Labute approximate surface area is 127 Å². The van der Waals surface area contributed by atoms with Gasteiger partial charge < -0.3 is 19.9 Å². The van der Waals surface area contributed by atoms with Crippen molar-refractivity contribution in [3.63, 3.8) is 0 Å². The van der Waals surface area contributed by atoms with Gasteiger partial charge in [0, 0.05) is 6.04 Å². The summed E-state index contributed by atoms with van der Waals surface area (Å²) in [6, 6.07) is 10.6. The lowest BCUT2D eigenvalue weighted by atomic mass is 9.93. The molecule has 4 heteroatoms. The molecule has 1 aromatic carbocycles. The second kappa shape index (κ2) is 9.15. The summed E-state index contributed by atoms with van der Waals surface area (Å²) in [6.07, 6.45) is 4.20. The average molecular weight is 293 g/mol. The van der Waals surface area contributed by atoms with E-state index in [1.807, 2.05) is 37.4 Å². The topological polar surface area (TPSA) is 50.7 Å². The predicted molar refractivity (Wildman–Crippen MR) is 83.2 cm³/mol. The Morgan fingerprint density at radius 3 is 2.52 bits per heavy atom. The zero-order chi connectivity index (χ0) is 14.9. The Hall–Kier alpha value is -0.940. The Bertz CT molecular complexity index is 377. The van der Waals surface area contributed by atoms with E-state index >= 15 is 0 Å². The van der Waals surface area contributed by atoms with E-state index in [-0.39, 0.29) is 0 Å². The Balaban J connectivity index is 1.54. The third-order valence-corrected chi connectivity index (χ3v) is 4.03. The van der Waals surface area contributed by atoms with Crippen LogP contribution in [0.15, 0.2) is 30.3 Å². The van der Waals surface area contributed by atoms with Gasteiger partial charge in [0.2, 0.25) is 0 Å². The van der Waals surface area contributed by atoms with Crippen molar-refractivity contribution in [1.82, 2.24) is 5.32 Å². The second-order valence-electron chi connectivity index (χ2n) is 5.75. The highest BCUT2D eigenvalue weighted by molar-refractivity contribution is 5.13. The smallest absolute Gasteiger partial charge is 0.101 e. The van der Waals surface area contributed by atoms with Crippen molar-refractivity contribution in [1.29, 1.82) is 0 Å². The Kier molecular flexibility index (Phi) is 7.16. The molecule has 1 saturated carbocycles. The average Bonchev–Trinajstić information content (AvgIpc) is 2.54. The van der Waals surface area contributed by atoms with Crippen LogP contribution in [0.3, 0.4) is 0 Å². The number of hydrogen-bond donors (Lipinski definition) is 2.